The Morgan fingerprint density at radius 2 is 2.27 bits per heavy atom. The van der Waals surface area contributed by atoms with Gasteiger partial charge in [0, 0.05) is 33.2 Å². The molecule has 2 saturated heterocycles. The molecule has 2 rings (SSSR count). The van der Waals surface area contributed by atoms with Gasteiger partial charge in [0.1, 0.15) is 0 Å². The lowest BCUT2D eigenvalue weighted by Crippen LogP contribution is -2.41. The molecule has 1 amide bonds. The molecule has 2 aliphatic heterocycles. The largest absolute Gasteiger partial charge is 0.348 e. The zero-order valence-electron chi connectivity index (χ0n) is 9.70. The van der Waals surface area contributed by atoms with Gasteiger partial charge in [-0.15, -0.1) is 0 Å². The Hall–Kier alpha value is -0.610. The molecule has 15 heavy (non-hydrogen) atoms. The van der Waals surface area contributed by atoms with Crippen molar-refractivity contribution in [3.8, 4) is 0 Å². The van der Waals surface area contributed by atoms with Gasteiger partial charge >= 0.3 is 0 Å². The maximum Gasteiger partial charge on any atom is 0.236 e. The Morgan fingerprint density at radius 3 is 2.93 bits per heavy atom. The first-order valence-electron chi connectivity index (χ1n) is 5.82. The van der Waals surface area contributed by atoms with Crippen LogP contribution < -0.4 is 5.32 Å². The molecule has 2 atom stereocenters. The summed E-state index contributed by atoms with van der Waals surface area (Å²) in [5, 5.41) is 3.55. The molecular weight excluding hydrogens is 190 g/mol. The van der Waals surface area contributed by atoms with Crippen LogP contribution in [-0.4, -0.2) is 62.0 Å². The normalized spacial score (nSPS) is 31.3. The van der Waals surface area contributed by atoms with Crippen LogP contribution >= 0.6 is 0 Å². The standard InChI is InChI=1S/C11H21N3O/c1-13(2)11(15)8-14-6-9-4-3-5-12-10(9)7-14/h9-10,12H,3-8H2,1-2H3. The molecule has 0 aromatic rings. The molecule has 0 aromatic carbocycles. The van der Waals surface area contributed by atoms with Gasteiger partial charge in [-0.3, -0.25) is 9.69 Å². The first-order chi connectivity index (χ1) is 7.16. The molecular formula is C11H21N3O. The Kier molecular flexibility index (Phi) is 3.26. The molecule has 0 aliphatic carbocycles. The number of likely N-dealkylation sites (N-methyl/N-ethyl adjacent to an activating group) is 1. The number of piperidine rings is 1. The summed E-state index contributed by atoms with van der Waals surface area (Å²) >= 11 is 0. The minimum absolute atomic E-state index is 0.216. The summed E-state index contributed by atoms with van der Waals surface area (Å²) in [4.78, 5) is 15.5. The smallest absolute Gasteiger partial charge is 0.236 e. The summed E-state index contributed by atoms with van der Waals surface area (Å²) in [6, 6.07) is 0.633. The second-order valence-corrected chi connectivity index (χ2v) is 4.95. The van der Waals surface area contributed by atoms with E-state index in [2.05, 4.69) is 10.2 Å². The van der Waals surface area contributed by atoms with Crippen molar-refractivity contribution < 1.29 is 4.79 Å². The first-order valence-corrected chi connectivity index (χ1v) is 5.82. The van der Waals surface area contributed by atoms with Crippen molar-refractivity contribution in [3.63, 3.8) is 0 Å². The van der Waals surface area contributed by atoms with E-state index in [0.717, 1.165) is 25.6 Å². The minimum atomic E-state index is 0.216. The molecule has 0 bridgehead atoms. The lowest BCUT2D eigenvalue weighted by atomic mass is 9.94. The summed E-state index contributed by atoms with van der Waals surface area (Å²) < 4.78 is 0. The lowest BCUT2D eigenvalue weighted by molar-refractivity contribution is -0.129. The summed E-state index contributed by atoms with van der Waals surface area (Å²) in [5.74, 6) is 0.988. The number of amides is 1. The molecule has 2 heterocycles. The molecule has 2 unspecified atom stereocenters. The third-order valence-electron chi connectivity index (χ3n) is 3.53. The van der Waals surface area contributed by atoms with Crippen LogP contribution in [0.15, 0.2) is 0 Å². The number of nitrogens with zero attached hydrogens (tertiary/aromatic N) is 2. The molecule has 0 spiro atoms. The highest BCUT2D eigenvalue weighted by atomic mass is 16.2. The van der Waals surface area contributed by atoms with Crippen LogP contribution in [-0.2, 0) is 4.79 Å². The Bertz CT molecular complexity index is 228. The summed E-state index contributed by atoms with van der Waals surface area (Å²) in [7, 11) is 3.65. The zero-order chi connectivity index (χ0) is 10.8. The van der Waals surface area contributed by atoms with Gasteiger partial charge in [0.15, 0.2) is 0 Å². The van der Waals surface area contributed by atoms with E-state index in [4.69, 9.17) is 0 Å². The number of nitrogens with one attached hydrogen (secondary N) is 1. The number of rotatable bonds is 2. The van der Waals surface area contributed by atoms with Crippen molar-refractivity contribution in [2.45, 2.75) is 18.9 Å². The fraction of sp³-hybridized carbons (Fsp3) is 0.909. The Balaban J connectivity index is 1.84. The fourth-order valence-corrected chi connectivity index (χ4v) is 2.60. The van der Waals surface area contributed by atoms with Crippen LogP contribution in [0.3, 0.4) is 0 Å². The van der Waals surface area contributed by atoms with Crippen molar-refractivity contribution in [3.05, 3.63) is 0 Å². The van der Waals surface area contributed by atoms with Crippen molar-refractivity contribution in [2.24, 2.45) is 5.92 Å². The van der Waals surface area contributed by atoms with E-state index in [0.29, 0.717) is 12.6 Å². The van der Waals surface area contributed by atoms with Gasteiger partial charge in [0.2, 0.25) is 5.91 Å². The predicted octanol–water partition coefficient (Wildman–Crippen LogP) is -0.242. The summed E-state index contributed by atoms with van der Waals surface area (Å²) in [5.41, 5.74) is 0. The maximum atomic E-state index is 11.6. The van der Waals surface area contributed by atoms with Crippen molar-refractivity contribution in [1.29, 1.82) is 0 Å². The topological polar surface area (TPSA) is 35.6 Å². The highest BCUT2D eigenvalue weighted by Crippen LogP contribution is 2.24. The van der Waals surface area contributed by atoms with E-state index < -0.39 is 0 Å². The van der Waals surface area contributed by atoms with E-state index in [1.807, 2.05) is 14.1 Å². The fourth-order valence-electron chi connectivity index (χ4n) is 2.60. The van der Waals surface area contributed by atoms with E-state index >= 15 is 0 Å². The van der Waals surface area contributed by atoms with Gasteiger partial charge in [-0.2, -0.15) is 0 Å². The number of likely N-dealkylation sites (tertiary alicyclic amines) is 1. The number of fused-ring (bicyclic) bond motifs is 1. The third-order valence-corrected chi connectivity index (χ3v) is 3.53. The van der Waals surface area contributed by atoms with Gasteiger partial charge in [-0.05, 0) is 25.3 Å². The molecule has 1 N–H and O–H groups in total. The summed E-state index contributed by atoms with van der Waals surface area (Å²) in [6.07, 6.45) is 2.61. The molecule has 2 fully saturated rings. The van der Waals surface area contributed by atoms with E-state index in [9.17, 15) is 4.79 Å². The Labute approximate surface area is 91.6 Å². The average molecular weight is 211 g/mol. The van der Waals surface area contributed by atoms with Gasteiger partial charge in [-0.1, -0.05) is 0 Å². The van der Waals surface area contributed by atoms with E-state index in [1.54, 1.807) is 4.90 Å². The van der Waals surface area contributed by atoms with Gasteiger partial charge in [0.05, 0.1) is 6.54 Å². The number of hydrogen-bond donors (Lipinski definition) is 1. The van der Waals surface area contributed by atoms with E-state index in [-0.39, 0.29) is 5.91 Å². The van der Waals surface area contributed by atoms with Gasteiger partial charge in [-0.25, -0.2) is 0 Å². The highest BCUT2D eigenvalue weighted by molar-refractivity contribution is 5.77. The maximum absolute atomic E-state index is 11.6. The zero-order valence-corrected chi connectivity index (χ0v) is 9.70. The molecule has 0 radical (unpaired) electrons. The van der Waals surface area contributed by atoms with Crippen molar-refractivity contribution in [1.82, 2.24) is 15.1 Å². The Morgan fingerprint density at radius 1 is 1.47 bits per heavy atom. The number of hydrogen-bond acceptors (Lipinski definition) is 3. The SMILES string of the molecule is CN(C)C(=O)CN1CC2CCCNC2C1. The van der Waals surface area contributed by atoms with Crippen LogP contribution in [0.4, 0.5) is 0 Å². The minimum Gasteiger partial charge on any atom is -0.348 e. The van der Waals surface area contributed by atoms with Crippen LogP contribution in [0, 0.1) is 5.92 Å². The number of carbonyl (C=O) groups excluding carboxylic acids is 1. The molecule has 86 valence electrons. The van der Waals surface area contributed by atoms with Crippen LogP contribution in [0.5, 0.6) is 0 Å². The first kappa shape index (κ1) is 10.9. The molecule has 0 saturated carbocycles. The van der Waals surface area contributed by atoms with Gasteiger partial charge < -0.3 is 10.2 Å². The highest BCUT2D eigenvalue weighted by Gasteiger charge is 2.34. The molecule has 0 aromatic heterocycles. The second-order valence-electron chi connectivity index (χ2n) is 4.95. The average Bonchev–Trinajstić information content (AvgIpc) is 2.59. The lowest BCUT2D eigenvalue weighted by Gasteiger charge is -2.24. The molecule has 4 nitrogen and oxygen atoms in total. The predicted molar refractivity (Wildman–Crippen MR) is 59.6 cm³/mol. The summed E-state index contributed by atoms with van der Waals surface area (Å²) in [6.45, 7) is 3.87. The van der Waals surface area contributed by atoms with E-state index in [1.165, 1.54) is 12.8 Å². The van der Waals surface area contributed by atoms with Crippen LogP contribution in [0.2, 0.25) is 0 Å². The monoisotopic (exact) mass is 211 g/mol. The van der Waals surface area contributed by atoms with Crippen molar-refractivity contribution >= 4 is 5.91 Å². The molecule has 2 aliphatic rings. The quantitative estimate of drug-likeness (QED) is 0.684. The molecule has 4 heteroatoms. The number of carbonyl (C=O) groups is 1. The van der Waals surface area contributed by atoms with Crippen LogP contribution in [0.25, 0.3) is 0 Å². The van der Waals surface area contributed by atoms with Crippen LogP contribution in [0.1, 0.15) is 12.8 Å². The van der Waals surface area contributed by atoms with Gasteiger partial charge in [0.25, 0.3) is 0 Å². The van der Waals surface area contributed by atoms with Crippen molar-refractivity contribution in [2.75, 3.05) is 40.3 Å². The third kappa shape index (κ3) is 2.49. The second kappa shape index (κ2) is 4.49.